The molecule has 0 unspecified atom stereocenters. The number of nitrogens with zero attached hydrogens (tertiary/aromatic N) is 2. The Labute approximate surface area is 104 Å². The molecule has 0 spiro atoms. The van der Waals surface area contributed by atoms with Crippen molar-refractivity contribution in [2.75, 3.05) is 5.32 Å². The molecule has 1 N–H and O–H groups in total. The van der Waals surface area contributed by atoms with E-state index in [2.05, 4.69) is 15.3 Å². The fourth-order valence-electron chi connectivity index (χ4n) is 0.866. The zero-order valence-corrected chi connectivity index (χ0v) is 10.4. The van der Waals surface area contributed by atoms with E-state index in [0.717, 1.165) is 0 Å². The van der Waals surface area contributed by atoms with E-state index in [4.69, 9.17) is 0 Å². The summed E-state index contributed by atoms with van der Waals surface area (Å²) in [7, 11) is 0. The summed E-state index contributed by atoms with van der Waals surface area (Å²) in [5, 5.41) is 13.4. The molecule has 70 valence electrons. The first-order valence-corrected chi connectivity index (χ1v) is 3.90. The largest absolute Gasteiger partial charge is 1.00 e. The van der Waals surface area contributed by atoms with E-state index in [1.807, 2.05) is 13.8 Å². The monoisotopic (exact) mass is 203 g/mol. The summed E-state index contributed by atoms with van der Waals surface area (Å²) in [6, 6.07) is 0.106. The Bertz CT molecular complexity index is 317. The van der Waals surface area contributed by atoms with Crippen LogP contribution in [0.5, 0.6) is 0 Å². The van der Waals surface area contributed by atoms with Crippen molar-refractivity contribution < 1.29 is 39.5 Å². The molecule has 0 fully saturated rings. The van der Waals surface area contributed by atoms with Crippen LogP contribution in [0.1, 0.15) is 24.3 Å². The molecule has 0 aliphatic rings. The van der Waals surface area contributed by atoms with Gasteiger partial charge in [0.05, 0.1) is 5.97 Å². The number of rotatable bonds is 3. The second-order valence-electron chi connectivity index (χ2n) is 2.84. The number of aromatic nitrogens is 2. The number of aromatic carboxylic acids is 1. The maximum absolute atomic E-state index is 10.5. The van der Waals surface area contributed by atoms with Gasteiger partial charge in [0.1, 0.15) is 5.69 Å². The van der Waals surface area contributed by atoms with Crippen molar-refractivity contribution in [2.45, 2.75) is 19.9 Å². The van der Waals surface area contributed by atoms with Crippen LogP contribution in [0, 0.1) is 0 Å². The average molecular weight is 203 g/mol. The predicted octanol–water partition coefficient (Wildman–Crippen LogP) is -3.34. The van der Waals surface area contributed by atoms with E-state index in [9.17, 15) is 9.90 Å². The third-order valence-corrected chi connectivity index (χ3v) is 1.32. The minimum Gasteiger partial charge on any atom is -0.543 e. The topological polar surface area (TPSA) is 77.9 Å². The summed E-state index contributed by atoms with van der Waals surface area (Å²) in [4.78, 5) is 18.0. The van der Waals surface area contributed by atoms with Gasteiger partial charge in [-0.05, 0) is 13.8 Å². The Kier molecular flexibility index (Phi) is 5.68. The second-order valence-corrected chi connectivity index (χ2v) is 2.84. The number of anilines is 1. The molecule has 0 amide bonds. The zero-order chi connectivity index (χ0) is 9.84. The Morgan fingerprint density at radius 3 is 2.50 bits per heavy atom. The number of hydrogen-bond acceptors (Lipinski definition) is 5. The third kappa shape index (κ3) is 3.61. The minimum atomic E-state index is -1.32. The molecular formula is C8H10N3NaO2. The smallest absolute Gasteiger partial charge is 0.543 e. The van der Waals surface area contributed by atoms with Crippen LogP contribution in [0.3, 0.4) is 0 Å². The van der Waals surface area contributed by atoms with Crippen LogP contribution in [0.25, 0.3) is 0 Å². The molecule has 14 heavy (non-hydrogen) atoms. The maximum Gasteiger partial charge on any atom is 1.00 e. The Morgan fingerprint density at radius 2 is 2.00 bits per heavy atom. The van der Waals surface area contributed by atoms with Crippen molar-refractivity contribution in [3.05, 3.63) is 18.1 Å². The minimum absolute atomic E-state index is 0. The molecule has 5 nitrogen and oxygen atoms in total. The van der Waals surface area contributed by atoms with Crippen LogP contribution in [-0.4, -0.2) is 22.0 Å². The fraction of sp³-hybridized carbons (Fsp3) is 0.375. The van der Waals surface area contributed by atoms with Crippen LogP contribution in [0.4, 0.5) is 5.82 Å². The molecule has 0 aliphatic heterocycles. The normalized spacial score (nSPS) is 9.36. The number of carboxylic acid groups (broad SMARTS) is 1. The van der Waals surface area contributed by atoms with Crippen LogP contribution in [0.2, 0.25) is 0 Å². The van der Waals surface area contributed by atoms with E-state index < -0.39 is 5.97 Å². The molecule has 6 heteroatoms. The van der Waals surface area contributed by atoms with E-state index in [-0.39, 0.29) is 47.1 Å². The van der Waals surface area contributed by atoms with Gasteiger partial charge in [-0.1, -0.05) is 0 Å². The summed E-state index contributed by atoms with van der Waals surface area (Å²) in [5.41, 5.74) is -0.156. The molecule has 0 saturated carbocycles. The first-order valence-electron chi connectivity index (χ1n) is 3.90. The molecule has 0 aromatic carbocycles. The van der Waals surface area contributed by atoms with Gasteiger partial charge in [-0.15, -0.1) is 0 Å². The predicted molar refractivity (Wildman–Crippen MR) is 45.1 cm³/mol. The van der Waals surface area contributed by atoms with Gasteiger partial charge >= 0.3 is 29.6 Å². The number of hydrogen-bond donors (Lipinski definition) is 1. The number of carbonyl (C=O) groups excluding carboxylic acids is 1. The SMILES string of the molecule is CC(C)Nc1nccnc1C(=O)[O-].[Na+]. The molecule has 0 radical (unpaired) electrons. The molecule has 0 atom stereocenters. The standard InChI is InChI=1S/C8H11N3O2.Na/c1-5(2)11-7-6(8(12)13)9-3-4-10-7;/h3-5H,1-2H3,(H,10,11)(H,12,13);/q;+1/p-1. The van der Waals surface area contributed by atoms with Gasteiger partial charge in [0.15, 0.2) is 5.82 Å². The van der Waals surface area contributed by atoms with Gasteiger partial charge in [-0.2, -0.15) is 0 Å². The van der Waals surface area contributed by atoms with E-state index in [1.165, 1.54) is 12.4 Å². The molecule has 0 bridgehead atoms. The number of carboxylic acids is 1. The third-order valence-electron chi connectivity index (χ3n) is 1.32. The Hall–Kier alpha value is -0.650. The summed E-state index contributed by atoms with van der Waals surface area (Å²) < 4.78 is 0. The van der Waals surface area contributed by atoms with Crippen molar-refractivity contribution in [3.63, 3.8) is 0 Å². The van der Waals surface area contributed by atoms with Gasteiger partial charge in [0.2, 0.25) is 0 Å². The summed E-state index contributed by atoms with van der Waals surface area (Å²) in [6.07, 6.45) is 2.74. The zero-order valence-electron chi connectivity index (χ0n) is 8.44. The summed E-state index contributed by atoms with van der Waals surface area (Å²) in [5.74, 6) is -1.08. The van der Waals surface area contributed by atoms with Crippen LogP contribution >= 0.6 is 0 Å². The average Bonchev–Trinajstić information content (AvgIpc) is 2.03. The second kappa shape index (κ2) is 5.95. The first-order chi connectivity index (χ1) is 6.11. The van der Waals surface area contributed by atoms with E-state index in [0.29, 0.717) is 0 Å². The van der Waals surface area contributed by atoms with Crippen molar-refractivity contribution in [2.24, 2.45) is 0 Å². The molecule has 0 saturated heterocycles. The molecule has 1 aromatic heterocycles. The van der Waals surface area contributed by atoms with E-state index in [1.54, 1.807) is 0 Å². The van der Waals surface area contributed by atoms with Crippen molar-refractivity contribution in [1.82, 2.24) is 9.97 Å². The van der Waals surface area contributed by atoms with Crippen LogP contribution in [-0.2, 0) is 0 Å². The van der Waals surface area contributed by atoms with Crippen molar-refractivity contribution in [1.29, 1.82) is 0 Å². The maximum atomic E-state index is 10.5. The fourth-order valence-corrected chi connectivity index (χ4v) is 0.866. The van der Waals surface area contributed by atoms with Gasteiger partial charge < -0.3 is 15.2 Å². The van der Waals surface area contributed by atoms with Gasteiger partial charge in [0.25, 0.3) is 0 Å². The molecular weight excluding hydrogens is 193 g/mol. The number of carbonyl (C=O) groups is 1. The van der Waals surface area contributed by atoms with E-state index >= 15 is 0 Å². The molecule has 0 aliphatic carbocycles. The van der Waals surface area contributed by atoms with Crippen molar-refractivity contribution >= 4 is 11.8 Å². The molecule has 1 rings (SSSR count). The summed E-state index contributed by atoms with van der Waals surface area (Å²) >= 11 is 0. The molecule has 1 heterocycles. The van der Waals surface area contributed by atoms with Crippen molar-refractivity contribution in [3.8, 4) is 0 Å². The number of nitrogens with one attached hydrogen (secondary N) is 1. The first kappa shape index (κ1) is 13.4. The summed E-state index contributed by atoms with van der Waals surface area (Å²) in [6.45, 7) is 3.77. The molecule has 1 aromatic rings. The van der Waals surface area contributed by atoms with Crippen LogP contribution < -0.4 is 40.0 Å². The van der Waals surface area contributed by atoms with Gasteiger partial charge in [0, 0.05) is 18.4 Å². The Morgan fingerprint density at radius 1 is 1.43 bits per heavy atom. The van der Waals surface area contributed by atoms with Crippen LogP contribution in [0.15, 0.2) is 12.4 Å². The Balaban J connectivity index is 0.00000169. The van der Waals surface area contributed by atoms with Gasteiger partial charge in [-0.25, -0.2) is 9.97 Å². The quantitative estimate of drug-likeness (QED) is 0.520. The van der Waals surface area contributed by atoms with Gasteiger partial charge in [-0.3, -0.25) is 0 Å².